The Bertz CT molecular complexity index is 1240. The van der Waals surface area contributed by atoms with Crippen molar-refractivity contribution < 1.29 is 37.0 Å². The summed E-state index contributed by atoms with van der Waals surface area (Å²) >= 11 is 0. The van der Waals surface area contributed by atoms with E-state index in [-0.39, 0.29) is 47.7 Å². The predicted octanol–water partition coefficient (Wildman–Crippen LogP) is 3.75. The summed E-state index contributed by atoms with van der Waals surface area (Å²) in [5.41, 5.74) is -2.59. The molecule has 2 aromatic rings. The van der Waals surface area contributed by atoms with Gasteiger partial charge in [0, 0.05) is 35.7 Å². The molecule has 2 amide bonds. The number of methoxy groups -OCH3 is 1. The van der Waals surface area contributed by atoms with Crippen LogP contribution < -0.4 is 10.1 Å². The first-order valence-corrected chi connectivity index (χ1v) is 13.1. The van der Waals surface area contributed by atoms with Crippen molar-refractivity contribution >= 4 is 11.8 Å². The van der Waals surface area contributed by atoms with E-state index in [0.29, 0.717) is 25.1 Å². The van der Waals surface area contributed by atoms with E-state index in [0.717, 1.165) is 25.5 Å². The van der Waals surface area contributed by atoms with Gasteiger partial charge in [-0.1, -0.05) is 0 Å². The van der Waals surface area contributed by atoms with Crippen molar-refractivity contribution in [1.82, 2.24) is 25.4 Å². The van der Waals surface area contributed by atoms with E-state index < -0.39 is 42.0 Å². The standard InChI is InChI=1S/C26H31F4N5O4/c1-39-21-11-17(18(27)14-31-21)19-12-20(34-33-19)23(37)35-10-5-15(13-24(35)6-2-7-24)22(36)32-16-3-8-25(38,9-4-16)26(28,29)30/h11-12,14-16,38H,2-10,13H2,1H3,(H,32,36)(H,33,34)/t15-,16-,25-/m1/s1. The Morgan fingerprint density at radius 1 is 1.18 bits per heavy atom. The monoisotopic (exact) mass is 553 g/mol. The molecule has 39 heavy (non-hydrogen) atoms. The van der Waals surface area contributed by atoms with Crippen molar-refractivity contribution in [2.75, 3.05) is 13.7 Å². The molecular weight excluding hydrogens is 522 g/mol. The highest BCUT2D eigenvalue weighted by molar-refractivity contribution is 5.94. The van der Waals surface area contributed by atoms with Gasteiger partial charge in [0.2, 0.25) is 11.8 Å². The Kier molecular flexibility index (Phi) is 7.06. The highest BCUT2D eigenvalue weighted by Gasteiger charge is 2.55. The van der Waals surface area contributed by atoms with Crippen molar-refractivity contribution in [2.45, 2.75) is 81.1 Å². The Balaban J connectivity index is 1.23. The lowest BCUT2D eigenvalue weighted by Gasteiger charge is -2.54. The van der Waals surface area contributed by atoms with Crippen LogP contribution in [0, 0.1) is 11.7 Å². The number of alkyl halides is 3. The molecule has 3 fully saturated rings. The Morgan fingerprint density at radius 2 is 1.90 bits per heavy atom. The topological polar surface area (TPSA) is 120 Å². The number of aromatic nitrogens is 3. The SMILES string of the molecule is COc1cc(-c2cc(C(=O)N3CC[C@@H](C(=O)N[C@H]4CC[C@@](O)(C(F)(F)F)CC4)CC34CCC4)n[nH]2)c(F)cn1. The van der Waals surface area contributed by atoms with E-state index >= 15 is 0 Å². The molecule has 3 N–H and O–H groups in total. The van der Waals surface area contributed by atoms with Crippen molar-refractivity contribution in [2.24, 2.45) is 5.92 Å². The molecule has 0 aromatic carbocycles. The van der Waals surface area contributed by atoms with E-state index in [2.05, 4.69) is 20.5 Å². The molecule has 1 saturated heterocycles. The molecule has 0 radical (unpaired) electrons. The molecule has 2 aliphatic carbocycles. The van der Waals surface area contributed by atoms with E-state index in [4.69, 9.17) is 4.74 Å². The number of pyridine rings is 1. The summed E-state index contributed by atoms with van der Waals surface area (Å²) in [5, 5.41) is 19.6. The number of hydrogen-bond donors (Lipinski definition) is 3. The van der Waals surface area contributed by atoms with Crippen molar-refractivity contribution in [3.63, 3.8) is 0 Å². The lowest BCUT2D eigenvalue weighted by Crippen LogP contribution is -2.62. The number of likely N-dealkylation sites (tertiary alicyclic amines) is 1. The van der Waals surface area contributed by atoms with Crippen molar-refractivity contribution in [3.05, 3.63) is 29.8 Å². The lowest BCUT2D eigenvalue weighted by atomic mass is 9.66. The van der Waals surface area contributed by atoms with Gasteiger partial charge in [-0.25, -0.2) is 9.37 Å². The van der Waals surface area contributed by atoms with Crippen LogP contribution in [0.5, 0.6) is 5.88 Å². The molecule has 3 heterocycles. The number of carbonyl (C=O) groups is 2. The second-order valence-corrected chi connectivity index (χ2v) is 10.9. The van der Waals surface area contributed by atoms with E-state index in [1.807, 2.05) is 0 Å². The van der Waals surface area contributed by atoms with E-state index in [1.54, 1.807) is 4.90 Å². The maximum absolute atomic E-state index is 14.4. The molecule has 1 atom stereocenters. The van der Waals surface area contributed by atoms with Crippen molar-refractivity contribution in [3.8, 4) is 17.1 Å². The van der Waals surface area contributed by atoms with Gasteiger partial charge in [0.05, 0.1) is 19.0 Å². The summed E-state index contributed by atoms with van der Waals surface area (Å²) in [4.78, 5) is 32.1. The van der Waals surface area contributed by atoms with Gasteiger partial charge in [-0.15, -0.1) is 0 Å². The molecule has 9 nitrogen and oxygen atoms in total. The second-order valence-electron chi connectivity index (χ2n) is 10.9. The van der Waals surface area contributed by atoms with Gasteiger partial charge >= 0.3 is 6.18 Å². The zero-order chi connectivity index (χ0) is 28.0. The maximum atomic E-state index is 14.4. The van der Waals surface area contributed by atoms with Gasteiger partial charge in [-0.05, 0) is 63.9 Å². The molecule has 1 spiro atoms. The number of nitrogens with zero attached hydrogens (tertiary/aromatic N) is 3. The van der Waals surface area contributed by atoms with Crippen LogP contribution in [0.2, 0.25) is 0 Å². The number of ether oxygens (including phenoxy) is 1. The number of nitrogens with one attached hydrogen (secondary N) is 2. The maximum Gasteiger partial charge on any atom is 0.417 e. The average molecular weight is 554 g/mol. The number of halogens is 4. The predicted molar refractivity (Wildman–Crippen MR) is 130 cm³/mol. The molecular formula is C26H31F4N5O4. The fourth-order valence-corrected chi connectivity index (χ4v) is 6.08. The first-order chi connectivity index (χ1) is 18.4. The number of amides is 2. The molecule has 13 heteroatoms. The van der Waals surface area contributed by atoms with E-state index in [1.165, 1.54) is 19.2 Å². The van der Waals surface area contributed by atoms with Gasteiger partial charge in [-0.2, -0.15) is 18.3 Å². The lowest BCUT2D eigenvalue weighted by molar-refractivity contribution is -0.270. The third-order valence-corrected chi connectivity index (χ3v) is 8.61. The fraction of sp³-hybridized carbons (Fsp3) is 0.615. The quantitative estimate of drug-likeness (QED) is 0.486. The second kappa shape index (κ2) is 10.1. The van der Waals surface area contributed by atoms with Crippen LogP contribution in [0.15, 0.2) is 18.3 Å². The smallest absolute Gasteiger partial charge is 0.417 e. The average Bonchev–Trinajstić information content (AvgIpc) is 3.38. The first kappa shape index (κ1) is 27.4. The molecule has 3 aliphatic rings. The minimum absolute atomic E-state index is 0.0513. The van der Waals surface area contributed by atoms with Gasteiger partial charge in [0.25, 0.3) is 5.91 Å². The molecule has 2 saturated carbocycles. The molecule has 1 aliphatic heterocycles. The number of piperidine rings is 1. The number of aromatic amines is 1. The number of rotatable bonds is 5. The summed E-state index contributed by atoms with van der Waals surface area (Å²) in [6.45, 7) is 0.328. The Hall–Kier alpha value is -3.22. The van der Waals surface area contributed by atoms with Crippen LogP contribution in [-0.2, 0) is 4.79 Å². The number of H-pyrrole nitrogens is 1. The largest absolute Gasteiger partial charge is 0.481 e. The normalized spacial score (nSPS) is 26.7. The molecule has 2 aromatic heterocycles. The molecule has 0 bridgehead atoms. The molecule has 0 unspecified atom stereocenters. The van der Waals surface area contributed by atoms with E-state index in [9.17, 15) is 32.3 Å². The first-order valence-electron chi connectivity index (χ1n) is 13.1. The summed E-state index contributed by atoms with van der Waals surface area (Å²) < 4.78 is 58.7. The number of hydrogen-bond acceptors (Lipinski definition) is 6. The highest BCUT2D eigenvalue weighted by atomic mass is 19.4. The fourth-order valence-electron chi connectivity index (χ4n) is 6.08. The summed E-state index contributed by atoms with van der Waals surface area (Å²) in [6.07, 6.45) is -1.21. The van der Waals surface area contributed by atoms with Gasteiger partial charge in [0.1, 0.15) is 0 Å². The highest BCUT2D eigenvalue weighted by Crippen LogP contribution is 2.47. The van der Waals surface area contributed by atoms with Gasteiger partial charge < -0.3 is 20.1 Å². The molecule has 5 rings (SSSR count). The van der Waals surface area contributed by atoms with Crippen molar-refractivity contribution in [1.29, 1.82) is 0 Å². The minimum Gasteiger partial charge on any atom is -0.481 e. The van der Waals surface area contributed by atoms with Crippen LogP contribution in [-0.4, -0.2) is 74.0 Å². The van der Waals surface area contributed by atoms with Gasteiger partial charge in [-0.3, -0.25) is 14.7 Å². The van der Waals surface area contributed by atoms with Crippen LogP contribution in [0.4, 0.5) is 17.6 Å². The van der Waals surface area contributed by atoms with Crippen LogP contribution in [0.25, 0.3) is 11.3 Å². The van der Waals surface area contributed by atoms with Crippen LogP contribution >= 0.6 is 0 Å². The number of aliphatic hydroxyl groups is 1. The van der Waals surface area contributed by atoms with Gasteiger partial charge in [0.15, 0.2) is 17.1 Å². The molecule has 212 valence electrons. The third kappa shape index (κ3) is 5.08. The summed E-state index contributed by atoms with van der Waals surface area (Å²) in [7, 11) is 1.41. The third-order valence-electron chi connectivity index (χ3n) is 8.61. The summed E-state index contributed by atoms with van der Waals surface area (Å²) in [5.74, 6) is -1.28. The Labute approximate surface area is 222 Å². The zero-order valence-corrected chi connectivity index (χ0v) is 21.5. The summed E-state index contributed by atoms with van der Waals surface area (Å²) in [6, 6.07) is 2.47. The van der Waals surface area contributed by atoms with Crippen LogP contribution in [0.3, 0.4) is 0 Å². The van der Waals surface area contributed by atoms with Crippen LogP contribution in [0.1, 0.15) is 68.3 Å². The minimum atomic E-state index is -4.69. The zero-order valence-electron chi connectivity index (χ0n) is 21.5. The Morgan fingerprint density at radius 3 is 2.51 bits per heavy atom. The number of carbonyl (C=O) groups excluding carboxylic acids is 2.